The van der Waals surface area contributed by atoms with Gasteiger partial charge in [-0.15, -0.1) is 18.3 Å². The van der Waals surface area contributed by atoms with Crippen LogP contribution in [0.4, 0.5) is 23.7 Å². The Labute approximate surface area is 261 Å². The van der Waals surface area contributed by atoms with Crippen LogP contribution in [0.1, 0.15) is 36.5 Å². The number of urea groups is 1. The van der Waals surface area contributed by atoms with E-state index < -0.39 is 12.4 Å². The summed E-state index contributed by atoms with van der Waals surface area (Å²) in [4.78, 5) is 35.4. The molecule has 1 aliphatic heterocycles. The van der Waals surface area contributed by atoms with Crippen molar-refractivity contribution < 1.29 is 27.5 Å². The minimum atomic E-state index is -4.76. The first-order valence-corrected chi connectivity index (χ1v) is 14.9. The Bertz CT molecular complexity index is 1750. The summed E-state index contributed by atoms with van der Waals surface area (Å²) in [5.41, 5.74) is 4.92. The number of halogens is 3. The lowest BCUT2D eigenvalue weighted by atomic mass is 9.99. The summed E-state index contributed by atoms with van der Waals surface area (Å²) in [6, 6.07) is 18.1. The van der Waals surface area contributed by atoms with Gasteiger partial charge < -0.3 is 10.1 Å². The fourth-order valence-corrected chi connectivity index (χ4v) is 5.41. The molecule has 1 fully saturated rings. The Balaban J connectivity index is 1.17. The van der Waals surface area contributed by atoms with Crippen LogP contribution in [0.5, 0.6) is 5.75 Å². The number of amides is 3. The molecule has 1 aromatic heterocycles. The number of aryl methyl sites for hydroxylation is 1. The third kappa shape index (κ3) is 7.98. The van der Waals surface area contributed by atoms with Crippen molar-refractivity contribution in [3.63, 3.8) is 0 Å². The molecule has 0 aliphatic carbocycles. The average Bonchev–Trinajstić information content (AvgIpc) is 3.62. The number of aromatic nitrogens is 3. The molecule has 3 amide bonds. The Morgan fingerprint density at radius 2 is 1.84 bits per heavy atom. The van der Waals surface area contributed by atoms with Crippen molar-refractivity contribution in [2.24, 2.45) is 4.99 Å². The highest BCUT2D eigenvalue weighted by Crippen LogP contribution is 2.34. The van der Waals surface area contributed by atoms with Crippen molar-refractivity contribution in [2.75, 3.05) is 17.2 Å². The maximum absolute atomic E-state index is 12.7. The van der Waals surface area contributed by atoms with Gasteiger partial charge in [0.25, 0.3) is 0 Å². The average molecular weight is 635 g/mol. The zero-order valence-electron chi connectivity index (χ0n) is 24.6. The van der Waals surface area contributed by atoms with Crippen LogP contribution < -0.4 is 15.0 Å². The molecule has 0 bridgehead atoms. The fourth-order valence-electron chi connectivity index (χ4n) is 4.55. The number of anilines is 1. The fraction of sp³-hybridized carbons (Fsp3) is 0.219. The highest BCUT2D eigenvalue weighted by molar-refractivity contribution is 8.15. The minimum absolute atomic E-state index is 0.113. The summed E-state index contributed by atoms with van der Waals surface area (Å²) >= 11 is 1.24. The van der Waals surface area contributed by atoms with Crippen LogP contribution in [0.2, 0.25) is 0 Å². The topological polar surface area (TPSA) is 102 Å². The maximum Gasteiger partial charge on any atom is 0.573 e. The number of hydrogen-bond acceptors (Lipinski definition) is 6. The molecule has 232 valence electrons. The third-order valence-electron chi connectivity index (χ3n) is 6.69. The van der Waals surface area contributed by atoms with Gasteiger partial charge in [-0.3, -0.25) is 9.69 Å². The van der Waals surface area contributed by atoms with E-state index in [0.717, 1.165) is 27.9 Å². The number of benzene rings is 3. The van der Waals surface area contributed by atoms with Crippen molar-refractivity contribution >= 4 is 40.6 Å². The number of rotatable bonds is 8. The van der Waals surface area contributed by atoms with Crippen LogP contribution in [0.3, 0.4) is 0 Å². The van der Waals surface area contributed by atoms with Crippen LogP contribution in [0.25, 0.3) is 23.2 Å². The van der Waals surface area contributed by atoms with Crippen LogP contribution in [-0.2, 0) is 4.79 Å². The van der Waals surface area contributed by atoms with Gasteiger partial charge in [-0.1, -0.05) is 74.2 Å². The molecule has 1 aliphatic rings. The second-order valence-corrected chi connectivity index (χ2v) is 11.3. The molecule has 0 atom stereocenters. The second kappa shape index (κ2) is 13.4. The molecule has 4 aromatic rings. The molecule has 0 spiro atoms. The summed E-state index contributed by atoms with van der Waals surface area (Å²) in [5, 5.41) is 7.50. The zero-order valence-corrected chi connectivity index (χ0v) is 25.4. The molecule has 9 nitrogen and oxygen atoms in total. The number of thioether (sulfide) groups is 1. The zero-order chi connectivity index (χ0) is 32.1. The maximum atomic E-state index is 12.7. The van der Waals surface area contributed by atoms with Crippen LogP contribution in [-0.4, -0.2) is 50.5 Å². The van der Waals surface area contributed by atoms with Crippen molar-refractivity contribution in [2.45, 2.75) is 33.1 Å². The van der Waals surface area contributed by atoms with Gasteiger partial charge in [-0.05, 0) is 59.9 Å². The molecular formula is C32H29F3N6O3S. The quantitative estimate of drug-likeness (QED) is 0.221. The number of amidine groups is 1. The summed E-state index contributed by atoms with van der Waals surface area (Å²) in [6.45, 7) is 6.31. The van der Waals surface area contributed by atoms with Crippen molar-refractivity contribution in [3.05, 3.63) is 95.8 Å². The summed E-state index contributed by atoms with van der Waals surface area (Å²) in [5.74, 6) is 0.418. The predicted molar refractivity (Wildman–Crippen MR) is 169 cm³/mol. The number of hydrogen-bond donors (Lipinski definition) is 1. The van der Waals surface area contributed by atoms with E-state index in [0.29, 0.717) is 16.7 Å². The lowest BCUT2D eigenvalue weighted by molar-refractivity contribution is -0.274. The van der Waals surface area contributed by atoms with Gasteiger partial charge in [-0.2, -0.15) is 4.99 Å². The summed E-state index contributed by atoms with van der Waals surface area (Å²) in [6.07, 6.45) is 0.341. The van der Waals surface area contributed by atoms with Crippen LogP contribution >= 0.6 is 11.8 Å². The lowest BCUT2D eigenvalue weighted by Gasteiger charge is -2.22. The predicted octanol–water partition coefficient (Wildman–Crippen LogP) is 7.12. The molecule has 13 heteroatoms. The first kappa shape index (κ1) is 31.5. The standard InChI is InChI=1S/C32H29F3N6O3S/c1-20(2)26-15-6-21(3)17-27(26)41-28(42)18-45-31(41)38-30(43)36-16-4-5-22-7-9-23(10-8-22)29-37-19-40(39-29)24-11-13-25(14-12-24)44-32(33,34)35/h4-15,17,19-20H,16,18H2,1-3H3,(H,36,43)/b5-4+,38-31?. The number of carbonyl (C=O) groups excluding carboxylic acids is 2. The van der Waals surface area contributed by atoms with Crippen molar-refractivity contribution in [1.82, 2.24) is 20.1 Å². The number of nitrogens with one attached hydrogen (secondary N) is 1. The normalized spacial score (nSPS) is 14.6. The molecule has 0 unspecified atom stereocenters. The monoisotopic (exact) mass is 634 g/mol. The molecular weight excluding hydrogens is 605 g/mol. The lowest BCUT2D eigenvalue weighted by Crippen LogP contribution is -2.32. The van der Waals surface area contributed by atoms with Gasteiger partial charge in [0.05, 0.1) is 17.1 Å². The van der Waals surface area contributed by atoms with Crippen molar-refractivity contribution in [3.8, 4) is 22.8 Å². The Kier molecular flexibility index (Phi) is 9.37. The first-order chi connectivity index (χ1) is 21.5. The number of ether oxygens (including phenoxy) is 1. The van der Waals surface area contributed by atoms with E-state index in [1.807, 2.05) is 55.5 Å². The smallest absolute Gasteiger partial charge is 0.406 e. The summed E-state index contributed by atoms with van der Waals surface area (Å²) < 4.78 is 42.5. The molecule has 0 saturated carbocycles. The van der Waals surface area contributed by atoms with Gasteiger partial charge in [0.2, 0.25) is 5.91 Å². The Morgan fingerprint density at radius 3 is 2.53 bits per heavy atom. The van der Waals surface area contributed by atoms with Gasteiger partial charge in [0, 0.05) is 12.1 Å². The van der Waals surface area contributed by atoms with E-state index in [-0.39, 0.29) is 29.9 Å². The van der Waals surface area contributed by atoms with Crippen molar-refractivity contribution in [1.29, 1.82) is 0 Å². The Hall–Kier alpha value is -4.91. The molecule has 1 N–H and O–H groups in total. The number of alkyl halides is 3. The minimum Gasteiger partial charge on any atom is -0.406 e. The SMILES string of the molecule is Cc1ccc(C(C)C)c(N2C(=O)CSC2=NC(=O)NC/C=C/c2ccc(-c3ncn(-c4ccc(OC(F)(F)F)cc4)n3)cc2)c1. The highest BCUT2D eigenvalue weighted by atomic mass is 32.2. The van der Waals surface area contributed by atoms with E-state index in [2.05, 4.69) is 39.0 Å². The number of carbonyl (C=O) groups is 2. The van der Waals surface area contributed by atoms with E-state index in [9.17, 15) is 22.8 Å². The third-order valence-corrected chi connectivity index (χ3v) is 7.61. The molecule has 45 heavy (non-hydrogen) atoms. The van der Waals surface area contributed by atoms with Crippen LogP contribution in [0, 0.1) is 6.92 Å². The van der Waals surface area contributed by atoms with Gasteiger partial charge in [0.15, 0.2) is 11.0 Å². The first-order valence-electron chi connectivity index (χ1n) is 13.9. The number of nitrogens with zero attached hydrogens (tertiary/aromatic N) is 5. The summed E-state index contributed by atoms with van der Waals surface area (Å²) in [7, 11) is 0. The van der Waals surface area contributed by atoms with Gasteiger partial charge in [0.1, 0.15) is 12.1 Å². The van der Waals surface area contributed by atoms with Gasteiger partial charge >= 0.3 is 12.4 Å². The molecule has 2 heterocycles. The molecule has 3 aromatic carbocycles. The number of aliphatic imine (C=N–C) groups is 1. The van der Waals surface area contributed by atoms with E-state index in [4.69, 9.17) is 0 Å². The van der Waals surface area contributed by atoms with E-state index in [1.165, 1.54) is 51.9 Å². The highest BCUT2D eigenvalue weighted by Gasteiger charge is 2.33. The van der Waals surface area contributed by atoms with Gasteiger partial charge in [-0.25, -0.2) is 14.5 Å². The van der Waals surface area contributed by atoms with E-state index in [1.54, 1.807) is 6.08 Å². The Morgan fingerprint density at radius 1 is 1.11 bits per heavy atom. The molecule has 5 rings (SSSR count). The second-order valence-electron chi connectivity index (χ2n) is 10.4. The molecule has 1 saturated heterocycles. The molecule has 0 radical (unpaired) electrons. The van der Waals surface area contributed by atoms with Crippen LogP contribution in [0.15, 0.2) is 84.1 Å². The van der Waals surface area contributed by atoms with E-state index >= 15 is 0 Å². The largest absolute Gasteiger partial charge is 0.573 e.